The lowest BCUT2D eigenvalue weighted by Gasteiger charge is -2.15. The lowest BCUT2D eigenvalue weighted by molar-refractivity contribution is -0.113. The van der Waals surface area contributed by atoms with Crippen molar-refractivity contribution < 1.29 is 19.4 Å². The van der Waals surface area contributed by atoms with Gasteiger partial charge in [-0.25, -0.2) is 0 Å². The highest BCUT2D eigenvalue weighted by Crippen LogP contribution is 2.39. The van der Waals surface area contributed by atoms with Crippen molar-refractivity contribution in [3.8, 4) is 23.0 Å². The fraction of sp³-hybridized carbons (Fsp3) is 0.0833. The van der Waals surface area contributed by atoms with E-state index < -0.39 is 0 Å². The fourth-order valence-corrected chi connectivity index (χ4v) is 5.00. The highest BCUT2D eigenvalue weighted by molar-refractivity contribution is 14.1. The molecule has 1 saturated heterocycles. The molecule has 1 N–H and O–H groups in total. The molecule has 1 aliphatic heterocycles. The van der Waals surface area contributed by atoms with Crippen LogP contribution in [0.2, 0.25) is 0 Å². The average molecular weight is 575 g/mol. The number of nitrogens with zero attached hydrogens (tertiary/aromatic N) is 1. The van der Waals surface area contributed by atoms with Crippen LogP contribution in [0.4, 0.5) is 5.69 Å². The van der Waals surface area contributed by atoms with Crippen molar-refractivity contribution in [3.63, 3.8) is 0 Å². The first-order valence-corrected chi connectivity index (χ1v) is 12.0. The SMILES string of the molecule is CCOc1cc(/C=C2\SC(=S)N(c3ccc(Oc4ccccc4)cc3)C2=O)cc(I)c1O. The molecule has 1 aliphatic rings. The molecule has 0 bridgehead atoms. The normalized spacial score (nSPS) is 14.8. The summed E-state index contributed by atoms with van der Waals surface area (Å²) in [6, 6.07) is 20.2. The van der Waals surface area contributed by atoms with Crippen LogP contribution in [0.3, 0.4) is 0 Å². The number of thiocarbonyl (C=S) groups is 1. The lowest BCUT2D eigenvalue weighted by atomic mass is 10.2. The maximum absolute atomic E-state index is 13.1. The summed E-state index contributed by atoms with van der Waals surface area (Å²) in [5.41, 5.74) is 1.43. The molecule has 5 nitrogen and oxygen atoms in total. The summed E-state index contributed by atoms with van der Waals surface area (Å²) in [4.78, 5) is 15.1. The number of carbonyl (C=O) groups excluding carboxylic acids is 1. The Bertz CT molecular complexity index is 1200. The topological polar surface area (TPSA) is 59.0 Å². The number of amides is 1. The van der Waals surface area contributed by atoms with Gasteiger partial charge in [0.25, 0.3) is 5.91 Å². The predicted molar refractivity (Wildman–Crippen MR) is 141 cm³/mol. The Morgan fingerprint density at radius 2 is 1.78 bits per heavy atom. The third kappa shape index (κ3) is 4.92. The second-order valence-corrected chi connectivity index (χ2v) is 9.55. The van der Waals surface area contributed by atoms with Crippen LogP contribution in [-0.2, 0) is 4.79 Å². The number of carbonyl (C=O) groups is 1. The number of benzene rings is 3. The molecular weight excluding hydrogens is 557 g/mol. The zero-order valence-corrected chi connectivity index (χ0v) is 20.7. The fourth-order valence-electron chi connectivity index (χ4n) is 3.07. The Hall–Kier alpha value is -2.56. The van der Waals surface area contributed by atoms with Crippen molar-refractivity contribution in [1.29, 1.82) is 0 Å². The summed E-state index contributed by atoms with van der Waals surface area (Å²) in [5.74, 6) is 1.69. The van der Waals surface area contributed by atoms with Crippen LogP contribution in [0.1, 0.15) is 12.5 Å². The van der Waals surface area contributed by atoms with Gasteiger partial charge >= 0.3 is 0 Å². The van der Waals surface area contributed by atoms with Gasteiger partial charge in [0.15, 0.2) is 15.8 Å². The second kappa shape index (κ2) is 9.93. The second-order valence-electron chi connectivity index (χ2n) is 6.71. The maximum atomic E-state index is 13.1. The van der Waals surface area contributed by atoms with Crippen molar-refractivity contribution in [1.82, 2.24) is 0 Å². The molecule has 4 rings (SSSR count). The van der Waals surface area contributed by atoms with E-state index in [0.29, 0.717) is 36.6 Å². The summed E-state index contributed by atoms with van der Waals surface area (Å²) >= 11 is 8.75. The summed E-state index contributed by atoms with van der Waals surface area (Å²) < 4.78 is 12.4. The number of phenolic OH excluding ortho intramolecular Hbond substituents is 1. The van der Waals surface area contributed by atoms with Crippen molar-refractivity contribution in [2.45, 2.75) is 6.92 Å². The summed E-state index contributed by atoms with van der Waals surface area (Å²) in [5, 5.41) is 10.1. The van der Waals surface area contributed by atoms with E-state index in [2.05, 4.69) is 0 Å². The lowest BCUT2D eigenvalue weighted by Crippen LogP contribution is -2.27. The van der Waals surface area contributed by atoms with E-state index in [0.717, 1.165) is 11.3 Å². The van der Waals surface area contributed by atoms with E-state index in [4.69, 9.17) is 21.7 Å². The third-order valence-electron chi connectivity index (χ3n) is 4.52. The van der Waals surface area contributed by atoms with E-state index in [-0.39, 0.29) is 11.7 Å². The highest BCUT2D eigenvalue weighted by atomic mass is 127. The van der Waals surface area contributed by atoms with Crippen molar-refractivity contribution in [3.05, 3.63) is 80.8 Å². The molecule has 32 heavy (non-hydrogen) atoms. The number of hydrogen-bond donors (Lipinski definition) is 1. The number of ether oxygens (including phenoxy) is 2. The number of aromatic hydroxyl groups is 1. The van der Waals surface area contributed by atoms with Gasteiger partial charge in [-0.3, -0.25) is 9.69 Å². The molecular formula is C24H18INO4S2. The van der Waals surface area contributed by atoms with E-state index in [1.807, 2.05) is 72.0 Å². The van der Waals surface area contributed by atoms with Gasteiger partial charge in [0.05, 0.1) is 20.8 Å². The Balaban J connectivity index is 1.55. The van der Waals surface area contributed by atoms with E-state index in [1.54, 1.807) is 30.3 Å². The molecule has 0 unspecified atom stereocenters. The van der Waals surface area contributed by atoms with Gasteiger partial charge in [-0.2, -0.15) is 0 Å². The Kier molecular flexibility index (Phi) is 7.02. The zero-order valence-electron chi connectivity index (χ0n) is 16.9. The van der Waals surface area contributed by atoms with Gasteiger partial charge in [0.1, 0.15) is 11.5 Å². The third-order valence-corrected chi connectivity index (χ3v) is 6.64. The van der Waals surface area contributed by atoms with Gasteiger partial charge in [-0.15, -0.1) is 0 Å². The zero-order chi connectivity index (χ0) is 22.7. The minimum atomic E-state index is -0.197. The smallest absolute Gasteiger partial charge is 0.270 e. The number of rotatable bonds is 6. The van der Waals surface area contributed by atoms with Gasteiger partial charge in [0.2, 0.25) is 0 Å². The predicted octanol–water partition coefficient (Wildman–Crippen LogP) is 6.59. The number of phenols is 1. The maximum Gasteiger partial charge on any atom is 0.270 e. The average Bonchev–Trinajstić information content (AvgIpc) is 3.06. The summed E-state index contributed by atoms with van der Waals surface area (Å²) in [6.07, 6.45) is 1.76. The molecule has 3 aromatic rings. The first-order chi connectivity index (χ1) is 15.5. The van der Waals surface area contributed by atoms with Crippen LogP contribution in [0, 0.1) is 3.57 Å². The van der Waals surface area contributed by atoms with Crippen LogP contribution in [-0.4, -0.2) is 21.9 Å². The molecule has 0 aliphatic carbocycles. The van der Waals surface area contributed by atoms with Crippen LogP contribution < -0.4 is 14.4 Å². The molecule has 0 radical (unpaired) electrons. The monoisotopic (exact) mass is 575 g/mol. The molecule has 0 aromatic heterocycles. The molecule has 0 saturated carbocycles. The van der Waals surface area contributed by atoms with Gasteiger partial charge < -0.3 is 14.6 Å². The molecule has 1 fully saturated rings. The highest BCUT2D eigenvalue weighted by Gasteiger charge is 2.33. The summed E-state index contributed by atoms with van der Waals surface area (Å²) in [6.45, 7) is 2.28. The van der Waals surface area contributed by atoms with Gasteiger partial charge in [-0.1, -0.05) is 42.2 Å². The van der Waals surface area contributed by atoms with Crippen LogP contribution >= 0.6 is 46.6 Å². The van der Waals surface area contributed by atoms with Gasteiger partial charge in [-0.05, 0) is 89.7 Å². The number of anilines is 1. The largest absolute Gasteiger partial charge is 0.504 e. The Labute approximate surface area is 209 Å². The number of hydrogen-bond acceptors (Lipinski definition) is 6. The number of thioether (sulfide) groups is 1. The van der Waals surface area contributed by atoms with Crippen molar-refractivity contribution >= 4 is 68.6 Å². The molecule has 162 valence electrons. The minimum Gasteiger partial charge on any atom is -0.504 e. The number of halogens is 1. The molecule has 8 heteroatoms. The molecule has 1 amide bonds. The molecule has 1 heterocycles. The molecule has 0 spiro atoms. The van der Waals surface area contributed by atoms with E-state index in [9.17, 15) is 9.90 Å². The standard InChI is InChI=1S/C24H18INO4S2/c1-2-29-20-13-15(12-19(25)22(20)27)14-21-23(28)26(24(31)32-21)16-8-10-18(11-9-16)30-17-6-4-3-5-7-17/h3-14,27H,2H2,1H3/b21-14-. The van der Waals surface area contributed by atoms with Gasteiger partial charge in [0, 0.05) is 0 Å². The minimum absolute atomic E-state index is 0.0926. The molecule has 3 aromatic carbocycles. The quantitative estimate of drug-likeness (QED) is 0.203. The van der Waals surface area contributed by atoms with Crippen LogP contribution in [0.25, 0.3) is 6.08 Å². The first kappa shape index (κ1) is 22.6. The molecule has 0 atom stereocenters. The Morgan fingerprint density at radius 1 is 1.09 bits per heavy atom. The van der Waals surface area contributed by atoms with Crippen molar-refractivity contribution in [2.24, 2.45) is 0 Å². The van der Waals surface area contributed by atoms with E-state index >= 15 is 0 Å². The van der Waals surface area contributed by atoms with Crippen LogP contribution in [0.5, 0.6) is 23.0 Å². The van der Waals surface area contributed by atoms with Crippen LogP contribution in [0.15, 0.2) is 71.6 Å². The first-order valence-electron chi connectivity index (χ1n) is 9.72. The Morgan fingerprint density at radius 3 is 2.47 bits per heavy atom. The van der Waals surface area contributed by atoms with Crippen molar-refractivity contribution in [2.75, 3.05) is 11.5 Å². The number of para-hydroxylation sites is 1. The van der Waals surface area contributed by atoms with E-state index in [1.165, 1.54) is 16.7 Å². The summed E-state index contributed by atoms with van der Waals surface area (Å²) in [7, 11) is 0.